The Hall–Kier alpha value is -0.450. The number of hydrogen-bond acceptors (Lipinski definition) is 1. The van der Waals surface area contributed by atoms with Crippen LogP contribution >= 0.6 is 34.5 Å². The lowest BCUT2D eigenvalue weighted by molar-refractivity contribution is -0.137. The molecule has 0 unspecified atom stereocenters. The Labute approximate surface area is 97.2 Å². The number of benzene rings is 1. The topological polar surface area (TPSA) is 0 Å². The SMILES string of the molecule is FC(F)(F)c1ccc2scc(Cl)c2c1Cl. The van der Waals surface area contributed by atoms with Gasteiger partial charge in [-0.05, 0) is 12.1 Å². The van der Waals surface area contributed by atoms with E-state index < -0.39 is 11.7 Å². The van der Waals surface area contributed by atoms with Crippen LogP contribution < -0.4 is 0 Å². The quantitative estimate of drug-likeness (QED) is 0.615. The van der Waals surface area contributed by atoms with Crippen LogP contribution in [0.25, 0.3) is 10.1 Å². The normalized spacial score (nSPS) is 12.3. The maximum absolute atomic E-state index is 12.5. The number of thiophene rings is 1. The molecule has 0 bridgehead atoms. The third-order valence-corrected chi connectivity index (χ3v) is 3.71. The molecule has 0 nitrogen and oxygen atoms in total. The molecule has 0 aliphatic rings. The van der Waals surface area contributed by atoms with Crippen LogP contribution in [0.2, 0.25) is 10.0 Å². The maximum Gasteiger partial charge on any atom is 0.417 e. The molecule has 0 saturated carbocycles. The van der Waals surface area contributed by atoms with Crippen LogP contribution in [-0.4, -0.2) is 0 Å². The minimum Gasteiger partial charge on any atom is -0.166 e. The maximum atomic E-state index is 12.5. The molecule has 1 heterocycles. The van der Waals surface area contributed by atoms with Gasteiger partial charge >= 0.3 is 6.18 Å². The van der Waals surface area contributed by atoms with Crippen LogP contribution in [0.4, 0.5) is 13.2 Å². The van der Waals surface area contributed by atoms with E-state index in [0.717, 1.165) is 6.07 Å². The molecule has 1 aromatic carbocycles. The molecule has 1 aromatic heterocycles. The van der Waals surface area contributed by atoms with Crippen molar-refractivity contribution < 1.29 is 13.2 Å². The molecule has 2 aromatic rings. The van der Waals surface area contributed by atoms with Crippen molar-refractivity contribution in [1.29, 1.82) is 0 Å². The minimum absolute atomic E-state index is 0.256. The van der Waals surface area contributed by atoms with E-state index in [0.29, 0.717) is 4.70 Å². The second-order valence-corrected chi connectivity index (χ2v) is 4.58. The Bertz CT molecular complexity index is 516. The summed E-state index contributed by atoms with van der Waals surface area (Å²) in [4.78, 5) is 0. The zero-order valence-electron chi connectivity index (χ0n) is 7.03. The molecule has 0 saturated heterocycles. The van der Waals surface area contributed by atoms with Gasteiger partial charge in [0.05, 0.1) is 15.6 Å². The molecular weight excluding hydrogens is 268 g/mol. The van der Waals surface area contributed by atoms with Crippen molar-refractivity contribution in [2.45, 2.75) is 6.18 Å². The number of fused-ring (bicyclic) bond motifs is 1. The summed E-state index contributed by atoms with van der Waals surface area (Å²) < 4.78 is 38.1. The van der Waals surface area contributed by atoms with Gasteiger partial charge in [0.1, 0.15) is 0 Å². The molecule has 0 aliphatic heterocycles. The van der Waals surface area contributed by atoms with E-state index in [4.69, 9.17) is 23.2 Å². The van der Waals surface area contributed by atoms with Gasteiger partial charge in [-0.3, -0.25) is 0 Å². The van der Waals surface area contributed by atoms with Crippen molar-refractivity contribution in [3.63, 3.8) is 0 Å². The molecule has 0 fully saturated rings. The van der Waals surface area contributed by atoms with E-state index >= 15 is 0 Å². The summed E-state index contributed by atoms with van der Waals surface area (Å²) in [7, 11) is 0. The average molecular weight is 271 g/mol. The summed E-state index contributed by atoms with van der Waals surface area (Å²) in [5, 5.41) is 1.77. The van der Waals surface area contributed by atoms with Crippen molar-refractivity contribution in [2.75, 3.05) is 0 Å². The highest BCUT2D eigenvalue weighted by Crippen LogP contribution is 2.42. The summed E-state index contributed by atoms with van der Waals surface area (Å²) in [6.45, 7) is 0. The van der Waals surface area contributed by atoms with E-state index in [2.05, 4.69) is 0 Å². The fraction of sp³-hybridized carbons (Fsp3) is 0.111. The third kappa shape index (κ3) is 1.82. The highest BCUT2D eigenvalue weighted by Gasteiger charge is 2.34. The number of rotatable bonds is 0. The first kappa shape index (κ1) is 11.0. The molecule has 0 aliphatic carbocycles. The highest BCUT2D eigenvalue weighted by atomic mass is 35.5. The lowest BCUT2D eigenvalue weighted by Gasteiger charge is -2.09. The Morgan fingerprint density at radius 1 is 1.13 bits per heavy atom. The molecular formula is C9H3Cl2F3S. The average Bonchev–Trinajstić information content (AvgIpc) is 2.46. The second-order valence-electron chi connectivity index (χ2n) is 2.88. The first-order valence-corrected chi connectivity index (χ1v) is 5.47. The van der Waals surface area contributed by atoms with Crippen LogP contribution in [-0.2, 0) is 6.18 Å². The van der Waals surface area contributed by atoms with Crippen LogP contribution in [0.5, 0.6) is 0 Å². The van der Waals surface area contributed by atoms with E-state index in [1.165, 1.54) is 17.4 Å². The van der Waals surface area contributed by atoms with Gasteiger partial charge in [0.25, 0.3) is 0 Å². The largest absolute Gasteiger partial charge is 0.417 e. The van der Waals surface area contributed by atoms with Gasteiger partial charge < -0.3 is 0 Å². The second kappa shape index (κ2) is 3.54. The third-order valence-electron chi connectivity index (χ3n) is 1.94. The summed E-state index contributed by atoms with van der Waals surface area (Å²) >= 11 is 12.7. The van der Waals surface area contributed by atoms with Crippen LogP contribution in [0.3, 0.4) is 0 Å². The van der Waals surface area contributed by atoms with E-state index in [1.807, 2.05) is 0 Å². The van der Waals surface area contributed by atoms with Gasteiger partial charge in [-0.1, -0.05) is 23.2 Å². The molecule has 0 radical (unpaired) electrons. The standard InChI is InChI=1S/C9H3Cl2F3S/c10-5-3-15-6-2-1-4(9(12,13)14)8(11)7(5)6/h1-3H. The van der Waals surface area contributed by atoms with Gasteiger partial charge in [-0.15, -0.1) is 11.3 Å². The molecule has 80 valence electrons. The van der Waals surface area contributed by atoms with Gasteiger partial charge in [0.15, 0.2) is 0 Å². The molecule has 15 heavy (non-hydrogen) atoms. The molecule has 6 heteroatoms. The van der Waals surface area contributed by atoms with Gasteiger partial charge in [0, 0.05) is 15.5 Å². The summed E-state index contributed by atoms with van der Waals surface area (Å²) in [6, 6.07) is 2.35. The first-order valence-electron chi connectivity index (χ1n) is 3.83. The van der Waals surface area contributed by atoms with Crippen LogP contribution in [0.1, 0.15) is 5.56 Å². The fourth-order valence-electron chi connectivity index (χ4n) is 1.27. The Morgan fingerprint density at radius 3 is 2.40 bits per heavy atom. The molecule has 0 N–H and O–H groups in total. The Balaban J connectivity index is 2.80. The number of halogens is 5. The predicted octanol–water partition coefficient (Wildman–Crippen LogP) is 5.23. The zero-order valence-corrected chi connectivity index (χ0v) is 9.36. The van der Waals surface area contributed by atoms with Gasteiger partial charge in [-0.2, -0.15) is 13.2 Å². The monoisotopic (exact) mass is 270 g/mol. The smallest absolute Gasteiger partial charge is 0.166 e. The summed E-state index contributed by atoms with van der Waals surface area (Å²) in [6.07, 6.45) is -4.45. The molecule has 0 atom stereocenters. The van der Waals surface area contributed by atoms with E-state index in [-0.39, 0.29) is 15.4 Å². The van der Waals surface area contributed by atoms with Crippen molar-refractivity contribution in [3.05, 3.63) is 33.1 Å². The van der Waals surface area contributed by atoms with Crippen molar-refractivity contribution in [1.82, 2.24) is 0 Å². The van der Waals surface area contributed by atoms with Crippen molar-refractivity contribution >= 4 is 44.6 Å². The molecule has 0 spiro atoms. The number of alkyl halides is 3. The lowest BCUT2D eigenvalue weighted by Crippen LogP contribution is -2.05. The van der Waals surface area contributed by atoms with Crippen molar-refractivity contribution in [2.24, 2.45) is 0 Å². The van der Waals surface area contributed by atoms with E-state index in [9.17, 15) is 13.2 Å². The first-order chi connectivity index (χ1) is 6.91. The van der Waals surface area contributed by atoms with Crippen molar-refractivity contribution in [3.8, 4) is 0 Å². The van der Waals surface area contributed by atoms with E-state index in [1.54, 1.807) is 5.38 Å². The van der Waals surface area contributed by atoms with Crippen LogP contribution in [0, 0.1) is 0 Å². The minimum atomic E-state index is -4.45. The van der Waals surface area contributed by atoms with Gasteiger partial charge in [0.2, 0.25) is 0 Å². The number of hydrogen-bond donors (Lipinski definition) is 0. The Kier molecular flexibility index (Phi) is 2.61. The predicted molar refractivity (Wildman–Crippen MR) is 56.8 cm³/mol. The molecule has 0 amide bonds. The Morgan fingerprint density at radius 2 is 1.80 bits per heavy atom. The fourth-order valence-corrected chi connectivity index (χ4v) is 2.96. The lowest BCUT2D eigenvalue weighted by atomic mass is 10.1. The zero-order chi connectivity index (χ0) is 11.2. The highest BCUT2D eigenvalue weighted by molar-refractivity contribution is 7.18. The van der Waals surface area contributed by atoms with Crippen LogP contribution in [0.15, 0.2) is 17.5 Å². The summed E-state index contributed by atoms with van der Waals surface area (Å²) in [5.41, 5.74) is -0.850. The molecule has 2 rings (SSSR count). The van der Waals surface area contributed by atoms with Gasteiger partial charge in [-0.25, -0.2) is 0 Å². The summed E-state index contributed by atoms with van der Waals surface area (Å²) in [5.74, 6) is 0.